The van der Waals surface area contributed by atoms with Crippen LogP contribution in [-0.2, 0) is 16.1 Å². The summed E-state index contributed by atoms with van der Waals surface area (Å²) in [5.74, 6) is 0.491. The summed E-state index contributed by atoms with van der Waals surface area (Å²) in [6.07, 6.45) is 1.88. The first kappa shape index (κ1) is 19.2. The number of amides is 1. The Hall–Kier alpha value is -3.13. The van der Waals surface area contributed by atoms with Crippen molar-refractivity contribution in [2.24, 2.45) is 0 Å². The molecule has 1 amide bonds. The first-order chi connectivity index (χ1) is 14.0. The van der Waals surface area contributed by atoms with Crippen molar-refractivity contribution in [2.75, 3.05) is 20.0 Å². The summed E-state index contributed by atoms with van der Waals surface area (Å²) in [6, 6.07) is 10.4. The van der Waals surface area contributed by atoms with Crippen LogP contribution >= 0.6 is 11.8 Å². The number of aromatic amines is 1. The number of hydrogen-bond acceptors (Lipinski definition) is 6. The van der Waals surface area contributed by atoms with Gasteiger partial charge in [0, 0.05) is 29.2 Å². The van der Waals surface area contributed by atoms with E-state index >= 15 is 0 Å². The van der Waals surface area contributed by atoms with Crippen LogP contribution in [0.1, 0.15) is 26.9 Å². The molecule has 4 rings (SSSR count). The van der Waals surface area contributed by atoms with Gasteiger partial charge < -0.3 is 24.5 Å². The molecule has 0 bridgehead atoms. The van der Waals surface area contributed by atoms with Crippen molar-refractivity contribution in [3.63, 3.8) is 0 Å². The molecule has 2 heterocycles. The van der Waals surface area contributed by atoms with Gasteiger partial charge in [0.05, 0.1) is 25.5 Å². The van der Waals surface area contributed by atoms with Crippen molar-refractivity contribution >= 4 is 34.5 Å². The van der Waals surface area contributed by atoms with E-state index in [0.29, 0.717) is 23.6 Å². The average molecular weight is 412 g/mol. The van der Waals surface area contributed by atoms with Gasteiger partial charge in [-0.05, 0) is 29.8 Å². The SMILES string of the molecule is COC(=O)c1ccc2c(C3SCC(=O)N3Cc3ccc(O)c(OC)c3)c[nH]c2c1. The molecule has 8 heteroatoms. The summed E-state index contributed by atoms with van der Waals surface area (Å²) in [5, 5.41) is 10.6. The third-order valence-electron chi connectivity index (χ3n) is 4.97. The third kappa shape index (κ3) is 3.51. The number of esters is 1. The van der Waals surface area contributed by atoms with Crippen molar-refractivity contribution in [3.05, 3.63) is 59.3 Å². The van der Waals surface area contributed by atoms with Crippen LogP contribution in [-0.4, -0.2) is 46.8 Å². The fraction of sp³-hybridized carbons (Fsp3) is 0.238. The molecule has 0 saturated carbocycles. The first-order valence-corrected chi connectivity index (χ1v) is 10.0. The van der Waals surface area contributed by atoms with E-state index in [-0.39, 0.29) is 17.0 Å². The Morgan fingerprint density at radius 1 is 1.28 bits per heavy atom. The van der Waals surface area contributed by atoms with Gasteiger partial charge in [0.1, 0.15) is 5.37 Å². The highest BCUT2D eigenvalue weighted by Gasteiger charge is 2.34. The number of aromatic nitrogens is 1. The zero-order valence-electron chi connectivity index (χ0n) is 16.0. The molecular weight excluding hydrogens is 392 g/mol. The number of fused-ring (bicyclic) bond motifs is 1. The molecule has 1 saturated heterocycles. The lowest BCUT2D eigenvalue weighted by atomic mass is 10.1. The fourth-order valence-corrected chi connectivity index (χ4v) is 4.71. The lowest BCUT2D eigenvalue weighted by Gasteiger charge is -2.24. The fourth-order valence-electron chi connectivity index (χ4n) is 3.50. The van der Waals surface area contributed by atoms with E-state index in [0.717, 1.165) is 22.0 Å². The van der Waals surface area contributed by atoms with Gasteiger partial charge in [-0.2, -0.15) is 0 Å². The molecule has 1 aromatic heterocycles. The second kappa shape index (κ2) is 7.71. The molecule has 3 aromatic rings. The summed E-state index contributed by atoms with van der Waals surface area (Å²) in [7, 11) is 2.84. The molecule has 0 radical (unpaired) electrons. The van der Waals surface area contributed by atoms with Gasteiger partial charge in [-0.1, -0.05) is 12.1 Å². The van der Waals surface area contributed by atoms with Crippen molar-refractivity contribution < 1.29 is 24.2 Å². The van der Waals surface area contributed by atoms with Crippen molar-refractivity contribution in [1.29, 1.82) is 0 Å². The molecule has 1 aliphatic rings. The van der Waals surface area contributed by atoms with E-state index < -0.39 is 5.97 Å². The van der Waals surface area contributed by atoms with Gasteiger partial charge in [0.15, 0.2) is 11.5 Å². The maximum Gasteiger partial charge on any atom is 0.337 e. The highest BCUT2D eigenvalue weighted by atomic mass is 32.2. The molecule has 150 valence electrons. The van der Waals surface area contributed by atoms with E-state index in [9.17, 15) is 14.7 Å². The maximum atomic E-state index is 12.6. The summed E-state index contributed by atoms with van der Waals surface area (Å²) in [6.45, 7) is 0.403. The smallest absolute Gasteiger partial charge is 0.337 e. The highest BCUT2D eigenvalue weighted by Crippen LogP contribution is 2.42. The number of ether oxygens (including phenoxy) is 2. The lowest BCUT2D eigenvalue weighted by Crippen LogP contribution is -2.27. The van der Waals surface area contributed by atoms with Crippen LogP contribution < -0.4 is 4.74 Å². The number of phenols is 1. The minimum Gasteiger partial charge on any atom is -0.504 e. The van der Waals surface area contributed by atoms with Crippen LogP contribution in [0.4, 0.5) is 0 Å². The number of benzene rings is 2. The zero-order chi connectivity index (χ0) is 20.5. The van der Waals surface area contributed by atoms with Crippen molar-refractivity contribution in [1.82, 2.24) is 9.88 Å². The van der Waals surface area contributed by atoms with Gasteiger partial charge in [-0.3, -0.25) is 4.79 Å². The first-order valence-electron chi connectivity index (χ1n) is 8.98. The minimum absolute atomic E-state index is 0.0487. The number of hydrogen-bond donors (Lipinski definition) is 2. The quantitative estimate of drug-likeness (QED) is 0.624. The van der Waals surface area contributed by atoms with Gasteiger partial charge in [0.25, 0.3) is 0 Å². The van der Waals surface area contributed by atoms with Crippen molar-refractivity contribution in [2.45, 2.75) is 11.9 Å². The maximum absolute atomic E-state index is 12.6. The molecule has 1 fully saturated rings. The topological polar surface area (TPSA) is 91.9 Å². The predicted molar refractivity (Wildman–Crippen MR) is 110 cm³/mol. The Kier molecular flexibility index (Phi) is 5.10. The average Bonchev–Trinajstić information content (AvgIpc) is 3.31. The van der Waals surface area contributed by atoms with Crippen LogP contribution in [0.3, 0.4) is 0 Å². The molecule has 0 spiro atoms. The van der Waals surface area contributed by atoms with Crippen LogP contribution in [0.25, 0.3) is 10.9 Å². The van der Waals surface area contributed by atoms with Gasteiger partial charge in [-0.25, -0.2) is 4.79 Å². The number of carbonyl (C=O) groups excluding carboxylic acids is 2. The Balaban J connectivity index is 1.65. The molecule has 2 aromatic carbocycles. The normalized spacial score (nSPS) is 16.4. The summed E-state index contributed by atoms with van der Waals surface area (Å²) in [4.78, 5) is 29.4. The third-order valence-corrected chi connectivity index (χ3v) is 6.20. The van der Waals surface area contributed by atoms with E-state index in [4.69, 9.17) is 9.47 Å². The second-order valence-corrected chi connectivity index (χ2v) is 7.76. The molecule has 7 nitrogen and oxygen atoms in total. The summed E-state index contributed by atoms with van der Waals surface area (Å²) < 4.78 is 9.95. The number of phenolic OH excluding ortho intramolecular Hbond substituents is 1. The Bertz CT molecular complexity index is 1090. The molecular formula is C21H20N2O5S. The molecule has 2 N–H and O–H groups in total. The van der Waals surface area contributed by atoms with Crippen LogP contribution in [0, 0.1) is 0 Å². The van der Waals surface area contributed by atoms with E-state index in [1.54, 1.807) is 42.1 Å². The number of nitrogens with one attached hydrogen (secondary N) is 1. The number of H-pyrrole nitrogens is 1. The van der Waals surface area contributed by atoms with Gasteiger partial charge >= 0.3 is 5.97 Å². The molecule has 1 aliphatic heterocycles. The van der Waals surface area contributed by atoms with E-state index in [1.165, 1.54) is 14.2 Å². The standard InChI is InChI=1S/C21H20N2O5S/c1-27-18-7-12(3-6-17(18)24)10-23-19(25)11-29-20(23)15-9-22-16-8-13(21(26)28-2)4-5-14(15)16/h3-9,20,22,24H,10-11H2,1-2H3. The van der Waals surface area contributed by atoms with E-state index in [2.05, 4.69) is 4.98 Å². The largest absolute Gasteiger partial charge is 0.504 e. The summed E-state index contributed by atoms with van der Waals surface area (Å²) >= 11 is 1.56. The zero-order valence-corrected chi connectivity index (χ0v) is 16.8. The molecule has 1 atom stereocenters. The molecule has 1 unspecified atom stereocenters. The predicted octanol–water partition coefficient (Wildman–Crippen LogP) is 3.44. The molecule has 0 aliphatic carbocycles. The van der Waals surface area contributed by atoms with Crippen molar-refractivity contribution in [3.8, 4) is 11.5 Å². The second-order valence-electron chi connectivity index (χ2n) is 6.69. The number of carbonyl (C=O) groups is 2. The number of thioether (sulfide) groups is 1. The number of methoxy groups -OCH3 is 2. The highest BCUT2D eigenvalue weighted by molar-refractivity contribution is 8.00. The number of aromatic hydroxyl groups is 1. The number of rotatable bonds is 5. The van der Waals surface area contributed by atoms with Crippen LogP contribution in [0.5, 0.6) is 11.5 Å². The van der Waals surface area contributed by atoms with Crippen LogP contribution in [0.15, 0.2) is 42.6 Å². The van der Waals surface area contributed by atoms with E-state index in [1.807, 2.05) is 17.2 Å². The lowest BCUT2D eigenvalue weighted by molar-refractivity contribution is -0.128. The Morgan fingerprint density at radius 2 is 2.10 bits per heavy atom. The van der Waals surface area contributed by atoms with Gasteiger partial charge in [0.2, 0.25) is 5.91 Å². The minimum atomic E-state index is -0.392. The number of nitrogens with zero attached hydrogens (tertiary/aromatic N) is 1. The molecule has 29 heavy (non-hydrogen) atoms. The monoisotopic (exact) mass is 412 g/mol. The Labute approximate surface area is 171 Å². The van der Waals surface area contributed by atoms with Crippen LogP contribution in [0.2, 0.25) is 0 Å². The Morgan fingerprint density at radius 3 is 2.86 bits per heavy atom. The summed E-state index contributed by atoms with van der Waals surface area (Å²) in [5.41, 5.74) is 3.14. The van der Waals surface area contributed by atoms with Gasteiger partial charge in [-0.15, -0.1) is 11.8 Å².